The average Bonchev–Trinajstić information content (AvgIpc) is 2.34. The highest BCUT2D eigenvalue weighted by Gasteiger charge is 2.03. The highest BCUT2D eigenvalue weighted by atomic mass is 16.5. The lowest BCUT2D eigenvalue weighted by Crippen LogP contribution is -2.14. The predicted molar refractivity (Wildman–Crippen MR) is 66.1 cm³/mol. The Morgan fingerprint density at radius 2 is 2.12 bits per heavy atom. The van der Waals surface area contributed by atoms with Crippen molar-refractivity contribution in [3.05, 3.63) is 36.4 Å². The molecular formula is C13H19NO2. The second-order valence-electron chi connectivity index (χ2n) is 3.43. The molecule has 0 aliphatic heterocycles. The molecule has 1 N–H and O–H groups in total. The molecule has 16 heavy (non-hydrogen) atoms. The van der Waals surface area contributed by atoms with Crippen molar-refractivity contribution in [1.29, 1.82) is 0 Å². The van der Waals surface area contributed by atoms with Crippen LogP contribution in [0.5, 0.6) is 11.5 Å². The van der Waals surface area contributed by atoms with Crippen LogP contribution in [-0.2, 0) is 6.54 Å². The summed E-state index contributed by atoms with van der Waals surface area (Å²) in [6, 6.07) is 5.84. The number of methoxy groups -OCH3 is 2. The molecular weight excluding hydrogens is 202 g/mol. The van der Waals surface area contributed by atoms with Gasteiger partial charge in [-0.2, -0.15) is 0 Å². The highest BCUT2D eigenvalue weighted by molar-refractivity contribution is 5.40. The predicted octanol–water partition coefficient (Wildman–Crippen LogP) is 2.37. The Labute approximate surface area is 97.1 Å². The molecule has 3 nitrogen and oxygen atoms in total. The molecule has 1 aromatic carbocycles. The van der Waals surface area contributed by atoms with Crippen LogP contribution in [0, 0.1) is 0 Å². The van der Waals surface area contributed by atoms with Crippen molar-refractivity contribution in [2.24, 2.45) is 0 Å². The van der Waals surface area contributed by atoms with Gasteiger partial charge in [-0.3, -0.25) is 0 Å². The Hall–Kier alpha value is -1.48. The Morgan fingerprint density at radius 3 is 2.75 bits per heavy atom. The lowest BCUT2D eigenvalue weighted by atomic mass is 10.2. The van der Waals surface area contributed by atoms with Crippen molar-refractivity contribution >= 4 is 0 Å². The normalized spacial score (nSPS) is 9.88. The summed E-state index contributed by atoms with van der Waals surface area (Å²) in [4.78, 5) is 0. The SMILES string of the molecule is C=CCCNCc1ccc(OC)cc1OC. The molecule has 0 aliphatic rings. The topological polar surface area (TPSA) is 30.5 Å². The molecule has 0 bridgehead atoms. The summed E-state index contributed by atoms with van der Waals surface area (Å²) in [7, 11) is 3.32. The van der Waals surface area contributed by atoms with Crippen LogP contribution in [-0.4, -0.2) is 20.8 Å². The third kappa shape index (κ3) is 3.59. The van der Waals surface area contributed by atoms with Crippen molar-refractivity contribution in [3.8, 4) is 11.5 Å². The van der Waals surface area contributed by atoms with Crippen molar-refractivity contribution in [1.82, 2.24) is 5.32 Å². The summed E-state index contributed by atoms with van der Waals surface area (Å²) >= 11 is 0. The maximum Gasteiger partial charge on any atom is 0.127 e. The molecule has 0 saturated heterocycles. The summed E-state index contributed by atoms with van der Waals surface area (Å²) < 4.78 is 10.4. The van der Waals surface area contributed by atoms with E-state index in [0.29, 0.717) is 0 Å². The maximum atomic E-state index is 5.30. The minimum atomic E-state index is 0.793. The number of benzene rings is 1. The number of hydrogen-bond donors (Lipinski definition) is 1. The number of ether oxygens (including phenoxy) is 2. The zero-order valence-corrected chi connectivity index (χ0v) is 9.95. The fourth-order valence-electron chi connectivity index (χ4n) is 1.43. The third-order valence-corrected chi connectivity index (χ3v) is 2.33. The van der Waals surface area contributed by atoms with E-state index in [9.17, 15) is 0 Å². The van der Waals surface area contributed by atoms with Crippen molar-refractivity contribution in [3.63, 3.8) is 0 Å². The van der Waals surface area contributed by atoms with Crippen LogP contribution in [0.4, 0.5) is 0 Å². The first-order valence-electron chi connectivity index (χ1n) is 5.34. The van der Waals surface area contributed by atoms with E-state index in [1.165, 1.54) is 0 Å². The van der Waals surface area contributed by atoms with E-state index in [-0.39, 0.29) is 0 Å². The van der Waals surface area contributed by atoms with Crippen molar-refractivity contribution < 1.29 is 9.47 Å². The number of hydrogen-bond acceptors (Lipinski definition) is 3. The van der Waals surface area contributed by atoms with E-state index in [1.807, 2.05) is 24.3 Å². The molecule has 0 radical (unpaired) electrons. The maximum absolute atomic E-state index is 5.30. The van der Waals surface area contributed by atoms with E-state index < -0.39 is 0 Å². The molecule has 0 atom stereocenters. The molecule has 0 spiro atoms. The van der Waals surface area contributed by atoms with Gasteiger partial charge in [0, 0.05) is 18.2 Å². The molecule has 1 aromatic rings. The Bertz CT molecular complexity index is 337. The molecule has 1 rings (SSSR count). The first-order chi connectivity index (χ1) is 7.81. The van der Waals surface area contributed by atoms with Gasteiger partial charge < -0.3 is 14.8 Å². The van der Waals surface area contributed by atoms with Gasteiger partial charge in [0.1, 0.15) is 11.5 Å². The second kappa shape index (κ2) is 6.90. The van der Waals surface area contributed by atoms with Gasteiger partial charge in [-0.05, 0) is 19.0 Å². The molecule has 0 fully saturated rings. The average molecular weight is 221 g/mol. The quantitative estimate of drug-likeness (QED) is 0.566. The van der Waals surface area contributed by atoms with Gasteiger partial charge in [-0.25, -0.2) is 0 Å². The minimum absolute atomic E-state index is 0.793. The second-order valence-corrected chi connectivity index (χ2v) is 3.43. The summed E-state index contributed by atoms with van der Waals surface area (Å²) in [5.41, 5.74) is 1.13. The van der Waals surface area contributed by atoms with Gasteiger partial charge in [-0.1, -0.05) is 12.1 Å². The monoisotopic (exact) mass is 221 g/mol. The van der Waals surface area contributed by atoms with E-state index in [0.717, 1.165) is 36.6 Å². The van der Waals surface area contributed by atoms with Crippen LogP contribution >= 0.6 is 0 Å². The molecule has 88 valence electrons. The van der Waals surface area contributed by atoms with Crippen LogP contribution in [0.1, 0.15) is 12.0 Å². The van der Waals surface area contributed by atoms with Gasteiger partial charge in [0.25, 0.3) is 0 Å². The largest absolute Gasteiger partial charge is 0.497 e. The summed E-state index contributed by atoms with van der Waals surface area (Å²) in [5.74, 6) is 1.66. The zero-order valence-electron chi connectivity index (χ0n) is 9.95. The van der Waals surface area contributed by atoms with E-state index in [2.05, 4.69) is 11.9 Å². The Balaban J connectivity index is 2.60. The number of rotatable bonds is 7. The summed E-state index contributed by atoms with van der Waals surface area (Å²) in [6.07, 6.45) is 2.87. The third-order valence-electron chi connectivity index (χ3n) is 2.33. The van der Waals surface area contributed by atoms with Crippen LogP contribution in [0.25, 0.3) is 0 Å². The van der Waals surface area contributed by atoms with E-state index >= 15 is 0 Å². The minimum Gasteiger partial charge on any atom is -0.497 e. The van der Waals surface area contributed by atoms with Gasteiger partial charge >= 0.3 is 0 Å². The van der Waals surface area contributed by atoms with E-state index in [4.69, 9.17) is 9.47 Å². The lowest BCUT2D eigenvalue weighted by molar-refractivity contribution is 0.390. The highest BCUT2D eigenvalue weighted by Crippen LogP contribution is 2.24. The molecule has 0 aromatic heterocycles. The van der Waals surface area contributed by atoms with E-state index in [1.54, 1.807) is 14.2 Å². The molecule has 0 amide bonds. The van der Waals surface area contributed by atoms with Gasteiger partial charge in [0.15, 0.2) is 0 Å². The van der Waals surface area contributed by atoms with Crippen LogP contribution in [0.2, 0.25) is 0 Å². The lowest BCUT2D eigenvalue weighted by Gasteiger charge is -2.10. The first-order valence-corrected chi connectivity index (χ1v) is 5.34. The zero-order chi connectivity index (χ0) is 11.8. The van der Waals surface area contributed by atoms with Crippen LogP contribution in [0.15, 0.2) is 30.9 Å². The van der Waals surface area contributed by atoms with Crippen molar-refractivity contribution in [2.75, 3.05) is 20.8 Å². The molecule has 0 aliphatic carbocycles. The fraction of sp³-hybridized carbons (Fsp3) is 0.385. The molecule has 0 unspecified atom stereocenters. The molecule has 0 saturated carbocycles. The standard InChI is InChI=1S/C13H19NO2/c1-4-5-8-14-10-11-6-7-12(15-2)9-13(11)16-3/h4,6-7,9,14H,1,5,8,10H2,2-3H3. The molecule has 0 heterocycles. The summed E-state index contributed by atoms with van der Waals surface area (Å²) in [5, 5.41) is 3.32. The Morgan fingerprint density at radius 1 is 1.31 bits per heavy atom. The van der Waals surface area contributed by atoms with Gasteiger partial charge in [-0.15, -0.1) is 6.58 Å². The smallest absolute Gasteiger partial charge is 0.127 e. The van der Waals surface area contributed by atoms with Crippen molar-refractivity contribution in [2.45, 2.75) is 13.0 Å². The first kappa shape index (κ1) is 12.6. The summed E-state index contributed by atoms with van der Waals surface area (Å²) in [6.45, 7) is 5.40. The fourth-order valence-corrected chi connectivity index (χ4v) is 1.43. The van der Waals surface area contributed by atoms with Gasteiger partial charge in [0.05, 0.1) is 14.2 Å². The van der Waals surface area contributed by atoms with Crippen LogP contribution in [0.3, 0.4) is 0 Å². The van der Waals surface area contributed by atoms with Gasteiger partial charge in [0.2, 0.25) is 0 Å². The molecule has 3 heteroatoms. The van der Waals surface area contributed by atoms with Crippen LogP contribution < -0.4 is 14.8 Å². The Kier molecular flexibility index (Phi) is 5.43. The number of nitrogens with one attached hydrogen (secondary N) is 1.